The van der Waals surface area contributed by atoms with Gasteiger partial charge in [-0.05, 0) is 43.4 Å². The molecule has 2 fully saturated rings. The quantitative estimate of drug-likeness (QED) is 0.367. The molecule has 2 amide bonds. The molecule has 1 aliphatic carbocycles. The Labute approximate surface area is 182 Å². The Kier molecular flexibility index (Phi) is 9.20. The first-order chi connectivity index (χ1) is 13.6. The second kappa shape index (κ2) is 11.4. The Morgan fingerprint density at radius 2 is 1.97 bits per heavy atom. The van der Waals surface area contributed by atoms with Crippen molar-refractivity contribution in [1.82, 2.24) is 15.4 Å². The van der Waals surface area contributed by atoms with Crippen LogP contribution in [0.2, 0.25) is 5.02 Å². The number of halogens is 2. The van der Waals surface area contributed by atoms with Gasteiger partial charge >= 0.3 is 0 Å². The predicted molar refractivity (Wildman–Crippen MR) is 115 cm³/mol. The number of anilines is 1. The molecule has 0 spiro atoms. The van der Waals surface area contributed by atoms with E-state index in [1.807, 2.05) is 4.90 Å². The van der Waals surface area contributed by atoms with Crippen molar-refractivity contribution in [3.05, 3.63) is 28.9 Å². The maximum atomic E-state index is 12.8. The van der Waals surface area contributed by atoms with Crippen molar-refractivity contribution in [2.45, 2.75) is 51.0 Å². The van der Waals surface area contributed by atoms with E-state index >= 15 is 0 Å². The lowest BCUT2D eigenvalue weighted by atomic mass is 9.87. The van der Waals surface area contributed by atoms with Gasteiger partial charge in [-0.2, -0.15) is 0 Å². The molecule has 1 saturated heterocycles. The van der Waals surface area contributed by atoms with Crippen LogP contribution in [0.5, 0.6) is 0 Å². The van der Waals surface area contributed by atoms with Crippen LogP contribution in [0, 0.1) is 5.92 Å². The number of nitrogens with zero attached hydrogens (tertiary/aromatic N) is 2. The fraction of sp³-hybridized carbons (Fsp3) is 0.550. The second-order valence-corrected chi connectivity index (χ2v) is 7.92. The van der Waals surface area contributed by atoms with E-state index < -0.39 is 5.91 Å². The summed E-state index contributed by atoms with van der Waals surface area (Å²) in [5.74, 6) is 0.440. The molecule has 2 aliphatic rings. The summed E-state index contributed by atoms with van der Waals surface area (Å²) in [5.41, 5.74) is 2.18. The highest BCUT2D eigenvalue weighted by Gasteiger charge is 2.30. The summed E-state index contributed by atoms with van der Waals surface area (Å²) < 4.78 is 0. The molecule has 1 saturated carbocycles. The van der Waals surface area contributed by atoms with Gasteiger partial charge in [0.05, 0.1) is 5.02 Å². The minimum atomic E-state index is -0.622. The molecule has 1 unspecified atom stereocenters. The number of carbonyl (C=O) groups is 2. The Morgan fingerprint density at radius 3 is 2.66 bits per heavy atom. The van der Waals surface area contributed by atoms with Crippen LogP contribution in [0.3, 0.4) is 0 Å². The normalized spacial score (nSPS) is 20.2. The van der Waals surface area contributed by atoms with Gasteiger partial charge in [0.1, 0.15) is 5.82 Å². The molecule has 7 nitrogen and oxygen atoms in total. The van der Waals surface area contributed by atoms with E-state index in [0.29, 0.717) is 28.9 Å². The van der Waals surface area contributed by atoms with Crippen molar-refractivity contribution in [1.29, 1.82) is 0 Å². The molecule has 3 N–H and O–H groups in total. The van der Waals surface area contributed by atoms with Crippen LogP contribution in [-0.4, -0.2) is 46.0 Å². The number of aromatic nitrogens is 1. The van der Waals surface area contributed by atoms with Crippen LogP contribution in [0.25, 0.3) is 6.08 Å². The van der Waals surface area contributed by atoms with E-state index in [0.717, 1.165) is 45.1 Å². The largest absolute Gasteiger partial charge is 0.364 e. The second-order valence-electron chi connectivity index (χ2n) is 7.51. The van der Waals surface area contributed by atoms with Gasteiger partial charge in [-0.3, -0.25) is 14.8 Å². The Morgan fingerprint density at radius 1 is 1.21 bits per heavy atom. The van der Waals surface area contributed by atoms with Gasteiger partial charge in [0.25, 0.3) is 5.91 Å². The molecule has 3 rings (SSSR count). The van der Waals surface area contributed by atoms with Crippen molar-refractivity contribution < 1.29 is 14.8 Å². The summed E-state index contributed by atoms with van der Waals surface area (Å²) in [7, 11) is 0. The molecule has 1 aliphatic heterocycles. The standard InChI is InChI=1S/C20H27ClN4O3.ClH/c21-17-11-14(8-9-18(26)24-28)12-22-19(17)23-16-7-4-10-25(13-16)20(27)15-5-2-1-3-6-15;/h8-9,11-12,15-16,28H,1-7,10,13H2,(H,22,23)(H,24,26);1H/b9-8+;. The Hall–Kier alpha value is -1.83. The summed E-state index contributed by atoms with van der Waals surface area (Å²) in [6.07, 6.45) is 11.8. The first-order valence-corrected chi connectivity index (χ1v) is 10.3. The minimum absolute atomic E-state index is 0. The molecule has 2 heterocycles. The molecule has 0 bridgehead atoms. The zero-order valence-corrected chi connectivity index (χ0v) is 17.8. The Balaban J connectivity index is 0.00000300. The van der Waals surface area contributed by atoms with E-state index in [9.17, 15) is 9.59 Å². The molecule has 1 aromatic rings. The number of pyridine rings is 1. The third-order valence-corrected chi connectivity index (χ3v) is 5.72. The fourth-order valence-corrected chi connectivity index (χ4v) is 4.18. The zero-order chi connectivity index (χ0) is 19.9. The highest BCUT2D eigenvalue weighted by atomic mass is 35.5. The van der Waals surface area contributed by atoms with Gasteiger partial charge < -0.3 is 10.2 Å². The van der Waals surface area contributed by atoms with Crippen LogP contribution in [-0.2, 0) is 9.59 Å². The Bertz CT molecular complexity index is 738. The van der Waals surface area contributed by atoms with E-state index in [-0.39, 0.29) is 24.4 Å². The van der Waals surface area contributed by atoms with Gasteiger partial charge in [-0.25, -0.2) is 10.5 Å². The minimum Gasteiger partial charge on any atom is -0.364 e. The van der Waals surface area contributed by atoms with E-state index in [2.05, 4.69) is 10.3 Å². The number of carbonyl (C=O) groups excluding carboxylic acids is 2. The van der Waals surface area contributed by atoms with Crippen molar-refractivity contribution >= 4 is 47.7 Å². The summed E-state index contributed by atoms with van der Waals surface area (Å²) in [5, 5.41) is 12.3. The van der Waals surface area contributed by atoms with E-state index in [1.54, 1.807) is 12.3 Å². The number of hydrogen-bond acceptors (Lipinski definition) is 5. The number of hydrogen-bond donors (Lipinski definition) is 3. The van der Waals surface area contributed by atoms with Crippen LogP contribution in [0.1, 0.15) is 50.5 Å². The predicted octanol–water partition coefficient (Wildman–Crippen LogP) is 3.66. The van der Waals surface area contributed by atoms with Crippen molar-refractivity contribution in [2.24, 2.45) is 5.92 Å². The lowest BCUT2D eigenvalue weighted by Crippen LogP contribution is -2.47. The smallest absolute Gasteiger partial charge is 0.267 e. The number of likely N-dealkylation sites (tertiary alicyclic amines) is 1. The molecule has 0 aromatic carbocycles. The first kappa shape index (κ1) is 23.4. The molecule has 160 valence electrons. The molecular weight excluding hydrogens is 415 g/mol. The molecular formula is C20H28Cl2N4O3. The summed E-state index contributed by atoms with van der Waals surface area (Å²) in [6, 6.07) is 1.82. The maximum Gasteiger partial charge on any atom is 0.267 e. The van der Waals surface area contributed by atoms with Crippen molar-refractivity contribution in [2.75, 3.05) is 18.4 Å². The van der Waals surface area contributed by atoms with Crippen LogP contribution >= 0.6 is 24.0 Å². The number of nitrogens with one attached hydrogen (secondary N) is 2. The monoisotopic (exact) mass is 442 g/mol. The molecule has 9 heteroatoms. The van der Waals surface area contributed by atoms with Gasteiger partial charge in [0.2, 0.25) is 5.91 Å². The lowest BCUT2D eigenvalue weighted by Gasteiger charge is -2.36. The molecule has 0 radical (unpaired) electrons. The van der Waals surface area contributed by atoms with Gasteiger partial charge in [-0.1, -0.05) is 30.9 Å². The van der Waals surface area contributed by atoms with Gasteiger partial charge in [0, 0.05) is 37.3 Å². The highest BCUT2D eigenvalue weighted by molar-refractivity contribution is 6.33. The number of amides is 2. The third kappa shape index (κ3) is 6.59. The van der Waals surface area contributed by atoms with Crippen molar-refractivity contribution in [3.8, 4) is 0 Å². The average molecular weight is 443 g/mol. The number of piperidine rings is 1. The molecule has 1 atom stereocenters. The highest BCUT2D eigenvalue weighted by Crippen LogP contribution is 2.28. The van der Waals surface area contributed by atoms with Crippen LogP contribution in [0.4, 0.5) is 5.82 Å². The molecule has 29 heavy (non-hydrogen) atoms. The third-order valence-electron chi connectivity index (χ3n) is 5.43. The SMILES string of the molecule is Cl.O=C(/C=C/c1cnc(NC2CCCN(C(=O)C3CCCCC3)C2)c(Cl)c1)NO. The first-order valence-electron chi connectivity index (χ1n) is 9.90. The summed E-state index contributed by atoms with van der Waals surface area (Å²) in [4.78, 5) is 30.2. The summed E-state index contributed by atoms with van der Waals surface area (Å²) >= 11 is 6.33. The molecule has 1 aromatic heterocycles. The average Bonchev–Trinajstić information content (AvgIpc) is 2.74. The fourth-order valence-electron chi connectivity index (χ4n) is 3.96. The number of hydroxylamine groups is 1. The lowest BCUT2D eigenvalue weighted by molar-refractivity contribution is -0.137. The van der Waals surface area contributed by atoms with Crippen molar-refractivity contribution in [3.63, 3.8) is 0 Å². The number of rotatable bonds is 5. The van der Waals surface area contributed by atoms with E-state index in [1.165, 1.54) is 24.1 Å². The van der Waals surface area contributed by atoms with Crippen LogP contribution in [0.15, 0.2) is 18.3 Å². The summed E-state index contributed by atoms with van der Waals surface area (Å²) in [6.45, 7) is 1.50. The zero-order valence-electron chi connectivity index (χ0n) is 16.3. The maximum absolute atomic E-state index is 12.8. The topological polar surface area (TPSA) is 94.6 Å². The van der Waals surface area contributed by atoms with E-state index in [4.69, 9.17) is 16.8 Å². The van der Waals surface area contributed by atoms with Gasteiger partial charge in [-0.15, -0.1) is 12.4 Å². The van der Waals surface area contributed by atoms with Crippen LogP contribution < -0.4 is 10.8 Å². The van der Waals surface area contributed by atoms with Gasteiger partial charge in [0.15, 0.2) is 0 Å².